The molecule has 0 atom stereocenters. The fourth-order valence-electron chi connectivity index (χ4n) is 1.66. The molecule has 0 spiro atoms. The first-order valence-electron chi connectivity index (χ1n) is 5.76. The Balaban J connectivity index is 2.25. The Bertz CT molecular complexity index is 692. The van der Waals surface area contributed by atoms with Gasteiger partial charge in [0.15, 0.2) is 0 Å². The normalized spacial score (nSPS) is 11.5. The van der Waals surface area contributed by atoms with Crippen LogP contribution in [-0.2, 0) is 23.1 Å². The highest BCUT2D eigenvalue weighted by Crippen LogP contribution is 2.18. The summed E-state index contributed by atoms with van der Waals surface area (Å²) in [5.41, 5.74) is 5.87. The van der Waals surface area contributed by atoms with Crippen molar-refractivity contribution in [3.05, 3.63) is 53.9 Å². The van der Waals surface area contributed by atoms with Crippen molar-refractivity contribution >= 4 is 10.0 Å². The largest absolute Gasteiger partial charge is 0.326 e. The molecule has 1 aromatic heterocycles. The summed E-state index contributed by atoms with van der Waals surface area (Å²) in [4.78, 5) is 7.47. The van der Waals surface area contributed by atoms with Gasteiger partial charge >= 0.3 is 0 Å². The van der Waals surface area contributed by atoms with E-state index in [1.54, 1.807) is 6.07 Å². The van der Waals surface area contributed by atoms with Gasteiger partial charge in [0.1, 0.15) is 12.1 Å². The van der Waals surface area contributed by atoms with Crippen LogP contribution in [0.15, 0.2) is 41.7 Å². The molecule has 0 radical (unpaired) electrons. The molecule has 0 saturated heterocycles. The zero-order valence-corrected chi connectivity index (χ0v) is 11.3. The van der Waals surface area contributed by atoms with E-state index in [1.807, 2.05) is 0 Å². The van der Waals surface area contributed by atoms with Crippen molar-refractivity contribution < 1.29 is 12.8 Å². The predicted molar refractivity (Wildman–Crippen MR) is 70.3 cm³/mol. The minimum Gasteiger partial charge on any atom is -0.326 e. The van der Waals surface area contributed by atoms with Crippen molar-refractivity contribution in [2.75, 3.05) is 0 Å². The Morgan fingerprint density at radius 2 is 2.10 bits per heavy atom. The van der Waals surface area contributed by atoms with Gasteiger partial charge in [-0.3, -0.25) is 0 Å². The first-order chi connectivity index (χ1) is 9.54. The molecule has 1 heterocycles. The van der Waals surface area contributed by atoms with Gasteiger partial charge in [0.05, 0.1) is 17.1 Å². The van der Waals surface area contributed by atoms with Crippen molar-refractivity contribution in [2.24, 2.45) is 5.73 Å². The molecule has 0 aliphatic heterocycles. The van der Waals surface area contributed by atoms with Gasteiger partial charge in [-0.25, -0.2) is 27.5 Å². The minimum atomic E-state index is -3.85. The maximum Gasteiger partial charge on any atom is 0.241 e. The quantitative estimate of drug-likeness (QED) is 0.839. The van der Waals surface area contributed by atoms with Crippen LogP contribution in [0.1, 0.15) is 11.3 Å². The van der Waals surface area contributed by atoms with Gasteiger partial charge in [0.2, 0.25) is 10.0 Å². The van der Waals surface area contributed by atoms with Crippen LogP contribution in [0.5, 0.6) is 0 Å². The monoisotopic (exact) mass is 296 g/mol. The highest BCUT2D eigenvalue weighted by Gasteiger charge is 2.20. The Morgan fingerprint density at radius 3 is 2.75 bits per heavy atom. The SMILES string of the molecule is NCc1c(F)cccc1S(=O)(=O)NCc1ccncn1. The molecule has 6 nitrogen and oxygen atoms in total. The lowest BCUT2D eigenvalue weighted by molar-refractivity contribution is 0.570. The molecule has 2 aromatic rings. The second kappa shape index (κ2) is 6.04. The highest BCUT2D eigenvalue weighted by molar-refractivity contribution is 7.89. The van der Waals surface area contributed by atoms with Gasteiger partial charge in [-0.15, -0.1) is 0 Å². The topological polar surface area (TPSA) is 98.0 Å². The maximum atomic E-state index is 13.6. The molecule has 0 unspecified atom stereocenters. The van der Waals surface area contributed by atoms with Crippen molar-refractivity contribution in [3.63, 3.8) is 0 Å². The Hall–Kier alpha value is -1.90. The van der Waals surface area contributed by atoms with E-state index < -0.39 is 15.8 Å². The van der Waals surface area contributed by atoms with Gasteiger partial charge in [0.25, 0.3) is 0 Å². The highest BCUT2D eigenvalue weighted by atomic mass is 32.2. The molecular formula is C12H13FN4O2S. The number of nitrogens with zero attached hydrogens (tertiary/aromatic N) is 2. The van der Waals surface area contributed by atoms with Gasteiger partial charge in [0, 0.05) is 18.3 Å². The van der Waals surface area contributed by atoms with Crippen LogP contribution in [0.3, 0.4) is 0 Å². The number of aromatic nitrogens is 2. The van der Waals surface area contributed by atoms with Crippen molar-refractivity contribution in [1.29, 1.82) is 0 Å². The zero-order chi connectivity index (χ0) is 14.6. The van der Waals surface area contributed by atoms with Crippen LogP contribution in [0.25, 0.3) is 0 Å². The molecule has 0 aliphatic carbocycles. The van der Waals surface area contributed by atoms with Gasteiger partial charge in [-0.1, -0.05) is 6.07 Å². The standard InChI is InChI=1S/C12H13FN4O2S/c13-11-2-1-3-12(10(11)6-14)20(18,19)17-7-9-4-5-15-8-16-9/h1-5,8,17H,6-7,14H2. The molecule has 0 aliphatic rings. The van der Waals surface area contributed by atoms with E-state index in [1.165, 1.54) is 30.7 Å². The van der Waals surface area contributed by atoms with Gasteiger partial charge in [-0.05, 0) is 18.2 Å². The summed E-state index contributed by atoms with van der Waals surface area (Å²) in [6, 6.07) is 5.39. The lowest BCUT2D eigenvalue weighted by Gasteiger charge is -2.10. The van der Waals surface area contributed by atoms with Crippen molar-refractivity contribution in [1.82, 2.24) is 14.7 Å². The second-order valence-electron chi connectivity index (χ2n) is 3.95. The van der Waals surface area contributed by atoms with E-state index >= 15 is 0 Å². The summed E-state index contributed by atoms with van der Waals surface area (Å²) in [7, 11) is -3.85. The first kappa shape index (κ1) is 14.5. The summed E-state index contributed by atoms with van der Waals surface area (Å²) in [5.74, 6) is -0.641. The van der Waals surface area contributed by atoms with E-state index in [0.29, 0.717) is 5.69 Å². The number of hydrogen-bond acceptors (Lipinski definition) is 5. The first-order valence-corrected chi connectivity index (χ1v) is 7.25. The molecule has 0 fully saturated rings. The Kier molecular flexibility index (Phi) is 4.38. The molecule has 106 valence electrons. The average Bonchev–Trinajstić information content (AvgIpc) is 2.46. The van der Waals surface area contributed by atoms with Crippen LogP contribution in [0.4, 0.5) is 4.39 Å². The summed E-state index contributed by atoms with van der Waals surface area (Å²) >= 11 is 0. The zero-order valence-electron chi connectivity index (χ0n) is 10.5. The molecule has 0 saturated carbocycles. The Labute approximate surface area is 115 Å². The number of nitrogens with one attached hydrogen (secondary N) is 1. The second-order valence-corrected chi connectivity index (χ2v) is 5.68. The third kappa shape index (κ3) is 3.16. The Morgan fingerprint density at radius 1 is 1.30 bits per heavy atom. The van der Waals surface area contributed by atoms with Crippen LogP contribution in [0, 0.1) is 5.82 Å². The number of halogens is 1. The molecule has 2 rings (SSSR count). The summed E-state index contributed by atoms with van der Waals surface area (Å²) < 4.78 is 40.2. The molecule has 0 amide bonds. The molecule has 20 heavy (non-hydrogen) atoms. The summed E-state index contributed by atoms with van der Waals surface area (Å²) in [6.45, 7) is -0.207. The van der Waals surface area contributed by atoms with E-state index in [-0.39, 0.29) is 23.5 Å². The van der Waals surface area contributed by atoms with Crippen LogP contribution in [-0.4, -0.2) is 18.4 Å². The van der Waals surface area contributed by atoms with Crippen molar-refractivity contribution in [2.45, 2.75) is 18.0 Å². The van der Waals surface area contributed by atoms with Gasteiger partial charge < -0.3 is 5.73 Å². The molecular weight excluding hydrogens is 283 g/mol. The van der Waals surface area contributed by atoms with Crippen LogP contribution < -0.4 is 10.5 Å². The fraction of sp³-hybridized carbons (Fsp3) is 0.167. The third-order valence-electron chi connectivity index (χ3n) is 2.66. The third-order valence-corrected chi connectivity index (χ3v) is 4.14. The number of sulfonamides is 1. The predicted octanol–water partition coefficient (Wildman–Crippen LogP) is 0.553. The molecule has 3 N–H and O–H groups in total. The van der Waals surface area contributed by atoms with E-state index in [0.717, 1.165) is 0 Å². The summed E-state index contributed by atoms with van der Waals surface area (Å²) in [5, 5.41) is 0. The van der Waals surface area contributed by atoms with E-state index in [4.69, 9.17) is 5.73 Å². The van der Waals surface area contributed by atoms with E-state index in [2.05, 4.69) is 14.7 Å². The van der Waals surface area contributed by atoms with Gasteiger partial charge in [-0.2, -0.15) is 0 Å². The maximum absolute atomic E-state index is 13.6. The number of hydrogen-bond donors (Lipinski definition) is 2. The minimum absolute atomic E-state index is 0.00855. The molecule has 8 heteroatoms. The lowest BCUT2D eigenvalue weighted by Crippen LogP contribution is -2.25. The smallest absolute Gasteiger partial charge is 0.241 e. The van der Waals surface area contributed by atoms with Crippen LogP contribution >= 0.6 is 0 Å². The molecule has 1 aromatic carbocycles. The number of nitrogens with two attached hydrogens (primary N) is 1. The average molecular weight is 296 g/mol. The number of benzene rings is 1. The number of rotatable bonds is 5. The molecule has 0 bridgehead atoms. The van der Waals surface area contributed by atoms with E-state index in [9.17, 15) is 12.8 Å². The fourth-order valence-corrected chi connectivity index (χ4v) is 2.91. The summed E-state index contributed by atoms with van der Waals surface area (Å²) in [6.07, 6.45) is 2.82. The van der Waals surface area contributed by atoms with Crippen LogP contribution in [0.2, 0.25) is 0 Å². The van der Waals surface area contributed by atoms with Crippen molar-refractivity contribution in [3.8, 4) is 0 Å². The lowest BCUT2D eigenvalue weighted by atomic mass is 10.2.